The number of aliphatic hydroxyl groups is 4. The maximum Gasteiger partial charge on any atom is 0.191 e. The molecule has 1 heterocycles. The van der Waals surface area contributed by atoms with Crippen LogP contribution in [0.3, 0.4) is 0 Å². The van der Waals surface area contributed by atoms with Crippen molar-refractivity contribution in [3.63, 3.8) is 0 Å². The summed E-state index contributed by atoms with van der Waals surface area (Å²) in [6.45, 7) is 11.4. The lowest BCUT2D eigenvalue weighted by atomic mass is 9.43. The van der Waals surface area contributed by atoms with Gasteiger partial charge in [-0.25, -0.2) is 0 Å². The highest BCUT2D eigenvalue weighted by Gasteiger charge is 2.66. The molecule has 0 radical (unpaired) electrons. The van der Waals surface area contributed by atoms with E-state index in [1.165, 1.54) is 0 Å². The van der Waals surface area contributed by atoms with Crippen LogP contribution in [0.2, 0.25) is 0 Å². The number of fused-ring (bicyclic) bond motifs is 5. The van der Waals surface area contributed by atoms with E-state index in [1.807, 2.05) is 6.92 Å². The topological polar surface area (TPSA) is 99.4 Å². The van der Waals surface area contributed by atoms with Crippen molar-refractivity contribution in [2.75, 3.05) is 6.61 Å². The molecular formula is C28H48O6. The second-order valence-corrected chi connectivity index (χ2v) is 13.5. The molecule has 0 aromatic rings. The zero-order valence-electron chi connectivity index (χ0n) is 21.8. The highest BCUT2D eigenvalue weighted by molar-refractivity contribution is 5.15. The number of ether oxygens (including phenoxy) is 2. The van der Waals surface area contributed by atoms with Crippen LogP contribution in [-0.4, -0.2) is 63.3 Å². The van der Waals surface area contributed by atoms with Crippen molar-refractivity contribution in [1.82, 2.24) is 0 Å². The zero-order valence-corrected chi connectivity index (χ0v) is 21.8. The van der Waals surface area contributed by atoms with E-state index in [0.717, 1.165) is 32.1 Å². The van der Waals surface area contributed by atoms with Gasteiger partial charge in [0.1, 0.15) is 6.10 Å². The van der Waals surface area contributed by atoms with Crippen LogP contribution in [0.5, 0.6) is 0 Å². The predicted molar refractivity (Wildman–Crippen MR) is 129 cm³/mol. The molecule has 1 unspecified atom stereocenters. The molecule has 1 saturated heterocycles. The van der Waals surface area contributed by atoms with Crippen LogP contribution in [-0.2, 0) is 9.47 Å². The maximum absolute atomic E-state index is 11.7. The van der Waals surface area contributed by atoms with Gasteiger partial charge in [-0.3, -0.25) is 0 Å². The molecule has 14 atom stereocenters. The summed E-state index contributed by atoms with van der Waals surface area (Å²) in [5.74, 6) is 0.408. The van der Waals surface area contributed by atoms with Gasteiger partial charge in [-0.05, 0) is 98.2 Å². The molecule has 6 heteroatoms. The highest BCUT2D eigenvalue weighted by Crippen LogP contribution is 2.68. The molecule has 196 valence electrons. The summed E-state index contributed by atoms with van der Waals surface area (Å²) in [7, 11) is 0. The molecule has 4 saturated carbocycles. The Balaban J connectivity index is 1.44. The third kappa shape index (κ3) is 3.73. The minimum atomic E-state index is -0.991. The van der Waals surface area contributed by atoms with Crippen LogP contribution in [0.1, 0.15) is 86.0 Å². The molecule has 0 aromatic carbocycles. The van der Waals surface area contributed by atoms with Gasteiger partial charge in [0.25, 0.3) is 0 Å². The molecule has 0 bridgehead atoms. The predicted octanol–water partition coefficient (Wildman–Crippen LogP) is 3.49. The quantitative estimate of drug-likeness (QED) is 0.494. The van der Waals surface area contributed by atoms with E-state index in [4.69, 9.17) is 9.47 Å². The third-order valence-electron chi connectivity index (χ3n) is 11.5. The van der Waals surface area contributed by atoms with Gasteiger partial charge in [0.2, 0.25) is 0 Å². The van der Waals surface area contributed by atoms with Gasteiger partial charge in [-0.2, -0.15) is 0 Å². The van der Waals surface area contributed by atoms with E-state index in [0.29, 0.717) is 37.7 Å². The van der Waals surface area contributed by atoms with Crippen molar-refractivity contribution in [3.05, 3.63) is 0 Å². The summed E-state index contributed by atoms with van der Waals surface area (Å²) < 4.78 is 12.8. The Morgan fingerprint density at radius 3 is 2.32 bits per heavy atom. The molecule has 0 amide bonds. The van der Waals surface area contributed by atoms with Crippen molar-refractivity contribution in [2.45, 2.75) is 122 Å². The van der Waals surface area contributed by atoms with E-state index in [1.54, 1.807) is 0 Å². The fourth-order valence-electron chi connectivity index (χ4n) is 9.84. The summed E-state index contributed by atoms with van der Waals surface area (Å²) in [4.78, 5) is 0. The van der Waals surface area contributed by atoms with Crippen LogP contribution in [0.25, 0.3) is 0 Å². The molecule has 1 aliphatic heterocycles. The van der Waals surface area contributed by atoms with Crippen molar-refractivity contribution >= 4 is 0 Å². The van der Waals surface area contributed by atoms with Gasteiger partial charge < -0.3 is 29.9 Å². The molecule has 5 rings (SSSR count). The molecular weight excluding hydrogens is 432 g/mol. The maximum atomic E-state index is 11.7. The van der Waals surface area contributed by atoms with Crippen LogP contribution >= 0.6 is 0 Å². The first-order valence-electron chi connectivity index (χ1n) is 14.0. The fraction of sp³-hybridized carbons (Fsp3) is 1.00. The van der Waals surface area contributed by atoms with Crippen LogP contribution in [0.4, 0.5) is 0 Å². The van der Waals surface area contributed by atoms with Crippen LogP contribution in [0.15, 0.2) is 0 Å². The lowest BCUT2D eigenvalue weighted by molar-refractivity contribution is -0.319. The average Bonchev–Trinajstić information content (AvgIpc) is 3.02. The van der Waals surface area contributed by atoms with E-state index in [-0.39, 0.29) is 46.7 Å². The summed E-state index contributed by atoms with van der Waals surface area (Å²) in [5, 5.41) is 44.1. The Kier molecular flexibility index (Phi) is 6.47. The lowest BCUT2D eigenvalue weighted by Crippen LogP contribution is -2.62. The number of aliphatic hydroxyl groups excluding tert-OH is 4. The van der Waals surface area contributed by atoms with Crippen molar-refractivity contribution in [1.29, 1.82) is 0 Å². The Hall–Kier alpha value is -0.240. The summed E-state index contributed by atoms with van der Waals surface area (Å²) in [5.41, 5.74) is -0.214. The van der Waals surface area contributed by atoms with Gasteiger partial charge in [0.05, 0.1) is 31.0 Å². The van der Waals surface area contributed by atoms with Gasteiger partial charge in [-0.15, -0.1) is 0 Å². The molecule has 6 nitrogen and oxygen atoms in total. The second kappa shape index (κ2) is 8.66. The smallest absolute Gasteiger partial charge is 0.191 e. The first-order chi connectivity index (χ1) is 15.9. The van der Waals surface area contributed by atoms with E-state index in [2.05, 4.69) is 27.7 Å². The normalized spacial score (nSPS) is 59.7. The Bertz CT molecular complexity index is 761. The molecule has 0 spiro atoms. The zero-order chi connectivity index (χ0) is 24.6. The van der Waals surface area contributed by atoms with Crippen molar-refractivity contribution in [2.24, 2.45) is 46.3 Å². The van der Waals surface area contributed by atoms with Gasteiger partial charge >= 0.3 is 0 Å². The Morgan fingerprint density at radius 2 is 1.65 bits per heavy atom. The van der Waals surface area contributed by atoms with Gasteiger partial charge in [-0.1, -0.05) is 34.1 Å². The summed E-state index contributed by atoms with van der Waals surface area (Å²) in [6, 6.07) is 0. The molecule has 5 aliphatic rings. The second-order valence-electron chi connectivity index (χ2n) is 13.5. The fourth-order valence-corrected chi connectivity index (χ4v) is 9.84. The van der Waals surface area contributed by atoms with E-state index >= 15 is 0 Å². The first kappa shape index (κ1) is 25.4. The highest BCUT2D eigenvalue weighted by atomic mass is 16.7. The standard InChI is InChI=1S/C28H48O6/c1-6-18-23(34-28(5)24(32)9-15(2)14-33-28)12-19-17-11-21(30)20-10-16(29)7-8-26(20,3)25(17)22(31)13-27(18,19)4/h15-25,29-32H,6-14H2,1-5H3/t15-,16+,17+,18+,19+,20-,21+,22-,23+,24?,25-,26+,27-,28+/m1/s1. The number of rotatable bonds is 3. The van der Waals surface area contributed by atoms with Crippen LogP contribution in [0, 0.1) is 46.3 Å². The van der Waals surface area contributed by atoms with Crippen molar-refractivity contribution < 1.29 is 29.9 Å². The van der Waals surface area contributed by atoms with E-state index < -0.39 is 24.1 Å². The Labute approximate surface area is 205 Å². The molecule has 34 heavy (non-hydrogen) atoms. The molecule has 4 N–H and O–H groups in total. The average molecular weight is 481 g/mol. The lowest BCUT2D eigenvalue weighted by Gasteiger charge is -2.63. The minimum absolute atomic E-state index is 0.0325. The monoisotopic (exact) mass is 480 g/mol. The summed E-state index contributed by atoms with van der Waals surface area (Å²) >= 11 is 0. The van der Waals surface area contributed by atoms with Crippen LogP contribution < -0.4 is 0 Å². The van der Waals surface area contributed by atoms with Gasteiger partial charge in [0.15, 0.2) is 5.79 Å². The molecule has 5 fully saturated rings. The largest absolute Gasteiger partial charge is 0.393 e. The molecule has 4 aliphatic carbocycles. The Morgan fingerprint density at radius 1 is 0.912 bits per heavy atom. The summed E-state index contributed by atoms with van der Waals surface area (Å²) in [6.07, 6.45) is 4.41. The third-order valence-corrected chi connectivity index (χ3v) is 11.5. The first-order valence-corrected chi connectivity index (χ1v) is 14.0. The van der Waals surface area contributed by atoms with Crippen molar-refractivity contribution in [3.8, 4) is 0 Å². The van der Waals surface area contributed by atoms with Gasteiger partial charge in [0, 0.05) is 0 Å². The number of hydrogen-bond acceptors (Lipinski definition) is 6. The SMILES string of the molecule is CC[C@H]1[C@@H](O[C@]2(C)OC[C@H](C)CC2O)C[C@H]2[C@@H]3C[C@H](O)[C@H]4C[C@@H](O)CC[C@]4(C)[C@H]3[C@H](O)C[C@@]21C. The minimum Gasteiger partial charge on any atom is -0.393 e. The molecule has 0 aromatic heterocycles. The number of hydrogen-bond donors (Lipinski definition) is 4. The van der Waals surface area contributed by atoms with E-state index in [9.17, 15) is 20.4 Å².